The van der Waals surface area contributed by atoms with Gasteiger partial charge >= 0.3 is 5.97 Å². The number of rotatable bonds is 4. The lowest BCUT2D eigenvalue weighted by Gasteiger charge is -2.09. The zero-order valence-electron chi connectivity index (χ0n) is 7.59. The highest BCUT2D eigenvalue weighted by atomic mass is 16.5. The lowest BCUT2D eigenvalue weighted by molar-refractivity contribution is -0.139. The molecule has 1 N–H and O–H groups in total. The van der Waals surface area contributed by atoms with E-state index in [2.05, 4.69) is 10.1 Å². The second-order valence-corrected chi connectivity index (χ2v) is 2.47. The number of carbonyl (C=O) groups is 2. The minimum atomic E-state index is -0.374. The van der Waals surface area contributed by atoms with Gasteiger partial charge in [0.2, 0.25) is 5.91 Å². The van der Waals surface area contributed by atoms with Gasteiger partial charge < -0.3 is 9.64 Å². The van der Waals surface area contributed by atoms with Gasteiger partial charge in [0.25, 0.3) is 0 Å². The molecule has 0 aliphatic rings. The first-order valence-corrected chi connectivity index (χ1v) is 3.55. The van der Waals surface area contributed by atoms with E-state index in [0.717, 1.165) is 0 Å². The van der Waals surface area contributed by atoms with Gasteiger partial charge in [0, 0.05) is 14.1 Å². The molecule has 5 heteroatoms. The predicted molar refractivity (Wildman–Crippen MR) is 43.6 cm³/mol. The Morgan fingerprint density at radius 3 is 2.33 bits per heavy atom. The minimum absolute atomic E-state index is 0.0656. The molecule has 0 aliphatic carbocycles. The van der Waals surface area contributed by atoms with Crippen molar-refractivity contribution in [2.24, 2.45) is 0 Å². The van der Waals surface area contributed by atoms with Gasteiger partial charge in [-0.05, 0) is 0 Å². The highest BCUT2D eigenvalue weighted by Gasteiger charge is 2.04. The molecule has 0 radical (unpaired) electrons. The molecule has 0 spiro atoms. The van der Waals surface area contributed by atoms with Crippen LogP contribution in [0.1, 0.15) is 0 Å². The fourth-order valence-corrected chi connectivity index (χ4v) is 0.502. The van der Waals surface area contributed by atoms with Crippen LogP contribution in [0.3, 0.4) is 0 Å². The van der Waals surface area contributed by atoms with E-state index in [-0.39, 0.29) is 25.0 Å². The van der Waals surface area contributed by atoms with Crippen LogP contribution in [0, 0.1) is 0 Å². The number of carbonyl (C=O) groups excluding carboxylic acids is 2. The normalized spacial score (nSPS) is 9.25. The van der Waals surface area contributed by atoms with Crippen LogP contribution in [0.4, 0.5) is 0 Å². The van der Waals surface area contributed by atoms with E-state index < -0.39 is 0 Å². The Morgan fingerprint density at radius 2 is 1.92 bits per heavy atom. The molecule has 70 valence electrons. The predicted octanol–water partition coefficient (Wildman–Crippen LogP) is -1.16. The van der Waals surface area contributed by atoms with Gasteiger partial charge in [0.1, 0.15) is 0 Å². The summed E-state index contributed by atoms with van der Waals surface area (Å²) in [5.74, 6) is -0.444. The second kappa shape index (κ2) is 5.54. The zero-order valence-corrected chi connectivity index (χ0v) is 7.59. The first-order chi connectivity index (χ1) is 5.57. The van der Waals surface area contributed by atoms with Gasteiger partial charge in [0.05, 0.1) is 20.2 Å². The number of likely N-dealkylation sites (N-methyl/N-ethyl adjacent to an activating group) is 1. The molecule has 5 nitrogen and oxygen atoms in total. The van der Waals surface area contributed by atoms with Crippen molar-refractivity contribution >= 4 is 11.9 Å². The maximum Gasteiger partial charge on any atom is 0.319 e. The van der Waals surface area contributed by atoms with Crippen molar-refractivity contribution in [3.05, 3.63) is 0 Å². The highest BCUT2D eigenvalue weighted by Crippen LogP contribution is 1.76. The summed E-state index contributed by atoms with van der Waals surface area (Å²) in [6.45, 7) is 0.220. The number of ether oxygens (including phenoxy) is 1. The standard InChI is InChI=1S/C7H14N2O3/c1-9(2)6(10)4-8-5-7(11)12-3/h8H,4-5H2,1-3H3. The van der Waals surface area contributed by atoms with E-state index in [1.54, 1.807) is 14.1 Å². The average molecular weight is 174 g/mol. The molecule has 0 atom stereocenters. The molecule has 0 aromatic heterocycles. The molecule has 0 aromatic carbocycles. The quantitative estimate of drug-likeness (QED) is 0.546. The first-order valence-electron chi connectivity index (χ1n) is 3.55. The van der Waals surface area contributed by atoms with Crippen molar-refractivity contribution in [1.29, 1.82) is 0 Å². The van der Waals surface area contributed by atoms with E-state index >= 15 is 0 Å². The molecule has 0 rings (SSSR count). The largest absolute Gasteiger partial charge is 0.468 e. The van der Waals surface area contributed by atoms with Crippen LogP contribution < -0.4 is 5.32 Å². The molecular formula is C7H14N2O3. The molecule has 12 heavy (non-hydrogen) atoms. The van der Waals surface area contributed by atoms with Crippen molar-refractivity contribution in [3.8, 4) is 0 Å². The van der Waals surface area contributed by atoms with Crippen LogP contribution >= 0.6 is 0 Å². The van der Waals surface area contributed by atoms with Gasteiger partial charge in [-0.1, -0.05) is 0 Å². The van der Waals surface area contributed by atoms with Gasteiger partial charge in [-0.25, -0.2) is 0 Å². The van der Waals surface area contributed by atoms with Gasteiger partial charge in [-0.2, -0.15) is 0 Å². The monoisotopic (exact) mass is 174 g/mol. The van der Waals surface area contributed by atoms with Crippen LogP contribution in [0.25, 0.3) is 0 Å². The fraction of sp³-hybridized carbons (Fsp3) is 0.714. The highest BCUT2D eigenvalue weighted by molar-refractivity contribution is 5.78. The average Bonchev–Trinajstić information content (AvgIpc) is 2.03. The molecule has 0 heterocycles. The van der Waals surface area contributed by atoms with Gasteiger partial charge in [0.15, 0.2) is 0 Å². The van der Waals surface area contributed by atoms with Crippen molar-refractivity contribution in [3.63, 3.8) is 0 Å². The van der Waals surface area contributed by atoms with Crippen LogP contribution in [-0.4, -0.2) is 51.1 Å². The van der Waals surface area contributed by atoms with Crippen LogP contribution in [0.2, 0.25) is 0 Å². The summed E-state index contributed by atoms with van der Waals surface area (Å²) in [6, 6.07) is 0. The number of amides is 1. The Bertz CT molecular complexity index is 168. The zero-order chi connectivity index (χ0) is 9.56. The van der Waals surface area contributed by atoms with E-state index in [9.17, 15) is 9.59 Å². The third kappa shape index (κ3) is 4.68. The lowest BCUT2D eigenvalue weighted by Crippen LogP contribution is -2.35. The maximum atomic E-state index is 10.9. The number of hydrogen-bond acceptors (Lipinski definition) is 4. The van der Waals surface area contributed by atoms with Crippen molar-refractivity contribution in [2.75, 3.05) is 34.3 Å². The second-order valence-electron chi connectivity index (χ2n) is 2.47. The fourth-order valence-electron chi connectivity index (χ4n) is 0.502. The number of esters is 1. The van der Waals surface area contributed by atoms with Gasteiger partial charge in [-0.15, -0.1) is 0 Å². The summed E-state index contributed by atoms with van der Waals surface area (Å²) < 4.78 is 4.37. The van der Waals surface area contributed by atoms with E-state index in [1.165, 1.54) is 12.0 Å². The summed E-state index contributed by atoms with van der Waals surface area (Å²) in [7, 11) is 4.61. The summed E-state index contributed by atoms with van der Waals surface area (Å²) in [5.41, 5.74) is 0. The Kier molecular flexibility index (Phi) is 5.03. The molecule has 0 aromatic rings. The van der Waals surface area contributed by atoms with Crippen LogP contribution in [0.5, 0.6) is 0 Å². The summed E-state index contributed by atoms with van der Waals surface area (Å²) in [4.78, 5) is 22.9. The minimum Gasteiger partial charge on any atom is -0.468 e. The van der Waals surface area contributed by atoms with Crippen molar-refractivity contribution < 1.29 is 14.3 Å². The van der Waals surface area contributed by atoms with Crippen molar-refractivity contribution in [2.45, 2.75) is 0 Å². The van der Waals surface area contributed by atoms with E-state index in [4.69, 9.17) is 0 Å². The maximum absolute atomic E-state index is 10.9. The van der Waals surface area contributed by atoms with E-state index in [0.29, 0.717) is 0 Å². The molecule has 0 saturated carbocycles. The van der Waals surface area contributed by atoms with Crippen LogP contribution in [-0.2, 0) is 14.3 Å². The summed E-state index contributed by atoms with van der Waals surface area (Å²) in [6.07, 6.45) is 0. The SMILES string of the molecule is COC(=O)CNCC(=O)N(C)C. The Hall–Kier alpha value is -1.10. The summed E-state index contributed by atoms with van der Waals surface area (Å²) >= 11 is 0. The lowest BCUT2D eigenvalue weighted by atomic mass is 10.5. The third-order valence-corrected chi connectivity index (χ3v) is 1.27. The third-order valence-electron chi connectivity index (χ3n) is 1.27. The first kappa shape index (κ1) is 10.9. The number of nitrogens with zero attached hydrogens (tertiary/aromatic N) is 1. The molecule has 1 amide bonds. The van der Waals surface area contributed by atoms with Gasteiger partial charge in [-0.3, -0.25) is 14.9 Å². The Balaban J connectivity index is 3.44. The number of nitrogens with one attached hydrogen (secondary N) is 1. The number of hydrogen-bond donors (Lipinski definition) is 1. The molecule has 0 saturated heterocycles. The van der Waals surface area contributed by atoms with Crippen molar-refractivity contribution in [1.82, 2.24) is 10.2 Å². The molecule has 0 aliphatic heterocycles. The molecule has 0 bridgehead atoms. The van der Waals surface area contributed by atoms with E-state index in [1.807, 2.05) is 0 Å². The topological polar surface area (TPSA) is 58.6 Å². The Labute approximate surface area is 71.7 Å². The Morgan fingerprint density at radius 1 is 1.33 bits per heavy atom. The number of methoxy groups -OCH3 is 1. The molecule has 0 unspecified atom stereocenters. The molecular weight excluding hydrogens is 160 g/mol. The molecule has 0 fully saturated rings. The van der Waals surface area contributed by atoms with Crippen LogP contribution in [0.15, 0.2) is 0 Å². The smallest absolute Gasteiger partial charge is 0.319 e. The summed E-state index contributed by atoms with van der Waals surface area (Å²) in [5, 5.41) is 2.65.